The van der Waals surface area contributed by atoms with Crippen molar-refractivity contribution in [2.24, 2.45) is 5.41 Å². The van der Waals surface area contributed by atoms with Gasteiger partial charge in [0.1, 0.15) is 5.75 Å². The van der Waals surface area contributed by atoms with E-state index in [0.29, 0.717) is 6.61 Å². The summed E-state index contributed by atoms with van der Waals surface area (Å²) in [7, 11) is 0. The molecule has 1 aromatic rings. The van der Waals surface area contributed by atoms with E-state index < -0.39 is 0 Å². The van der Waals surface area contributed by atoms with Crippen LogP contribution in [0.25, 0.3) is 0 Å². The third-order valence-electron chi connectivity index (χ3n) is 2.54. The zero-order valence-electron chi connectivity index (χ0n) is 11.4. The van der Waals surface area contributed by atoms with Gasteiger partial charge in [0, 0.05) is 17.7 Å². The van der Waals surface area contributed by atoms with E-state index >= 15 is 0 Å². The number of nitrogens with one attached hydrogen (secondary N) is 1. The molecular formula is C14H24N2O. The van der Waals surface area contributed by atoms with E-state index in [1.165, 1.54) is 6.42 Å². The van der Waals surface area contributed by atoms with Crippen LogP contribution in [0, 0.1) is 12.3 Å². The van der Waals surface area contributed by atoms with Crippen LogP contribution < -0.4 is 10.1 Å². The van der Waals surface area contributed by atoms with Gasteiger partial charge >= 0.3 is 0 Å². The van der Waals surface area contributed by atoms with E-state index in [9.17, 15) is 0 Å². The summed E-state index contributed by atoms with van der Waals surface area (Å²) < 4.78 is 5.75. The Morgan fingerprint density at radius 2 is 2.12 bits per heavy atom. The van der Waals surface area contributed by atoms with Crippen molar-refractivity contribution in [3.8, 4) is 5.75 Å². The van der Waals surface area contributed by atoms with Gasteiger partial charge in [-0.05, 0) is 32.0 Å². The second-order valence-electron chi connectivity index (χ2n) is 5.26. The molecule has 0 atom stereocenters. The molecule has 0 radical (unpaired) electrons. The van der Waals surface area contributed by atoms with Crippen molar-refractivity contribution in [2.75, 3.05) is 19.7 Å². The summed E-state index contributed by atoms with van der Waals surface area (Å²) >= 11 is 0. The molecule has 0 aliphatic carbocycles. The molecule has 0 bridgehead atoms. The molecule has 0 aliphatic heterocycles. The molecule has 3 nitrogen and oxygen atoms in total. The Kier molecular flexibility index (Phi) is 5.42. The van der Waals surface area contributed by atoms with Crippen LogP contribution in [0.4, 0.5) is 0 Å². The van der Waals surface area contributed by atoms with Gasteiger partial charge in [-0.1, -0.05) is 20.8 Å². The minimum absolute atomic E-state index is 0.139. The van der Waals surface area contributed by atoms with Crippen LogP contribution in [0.1, 0.15) is 32.9 Å². The molecule has 0 amide bonds. The highest BCUT2D eigenvalue weighted by Crippen LogP contribution is 2.17. The Balaban J connectivity index is 2.35. The lowest BCUT2D eigenvalue weighted by molar-refractivity contribution is 0.176. The van der Waals surface area contributed by atoms with Gasteiger partial charge < -0.3 is 10.1 Å². The molecule has 17 heavy (non-hydrogen) atoms. The van der Waals surface area contributed by atoms with E-state index in [0.717, 1.165) is 24.5 Å². The Morgan fingerprint density at radius 3 is 2.71 bits per heavy atom. The fraction of sp³-hybridized carbons (Fsp3) is 0.643. The van der Waals surface area contributed by atoms with Crippen molar-refractivity contribution in [3.05, 3.63) is 24.0 Å². The minimum Gasteiger partial charge on any atom is -0.491 e. The first-order chi connectivity index (χ1) is 8.03. The molecule has 1 heterocycles. The number of hydrogen-bond acceptors (Lipinski definition) is 3. The van der Waals surface area contributed by atoms with Gasteiger partial charge in [0.05, 0.1) is 12.8 Å². The fourth-order valence-corrected chi connectivity index (χ4v) is 1.47. The molecule has 1 N–H and O–H groups in total. The van der Waals surface area contributed by atoms with Crippen LogP contribution in [-0.2, 0) is 0 Å². The topological polar surface area (TPSA) is 34.1 Å². The van der Waals surface area contributed by atoms with Crippen molar-refractivity contribution in [1.29, 1.82) is 0 Å². The third kappa shape index (κ3) is 5.68. The van der Waals surface area contributed by atoms with Gasteiger partial charge in [0.25, 0.3) is 0 Å². The quantitative estimate of drug-likeness (QED) is 0.739. The zero-order valence-corrected chi connectivity index (χ0v) is 11.4. The van der Waals surface area contributed by atoms with E-state index in [2.05, 4.69) is 31.1 Å². The molecule has 0 aromatic carbocycles. The summed E-state index contributed by atoms with van der Waals surface area (Å²) in [6, 6.07) is 3.94. The highest BCUT2D eigenvalue weighted by molar-refractivity contribution is 5.19. The average molecular weight is 236 g/mol. The summed E-state index contributed by atoms with van der Waals surface area (Å²) in [5.41, 5.74) is 1.15. The standard InChI is InChI=1S/C14H24N2O/c1-5-8-15-10-14(3,4)11-17-13-7-6-12(2)16-9-13/h6-7,9,15H,5,8,10-11H2,1-4H3. The lowest BCUT2D eigenvalue weighted by atomic mass is 9.95. The Labute approximate surface area is 105 Å². The monoisotopic (exact) mass is 236 g/mol. The molecule has 1 aromatic heterocycles. The summed E-state index contributed by atoms with van der Waals surface area (Å²) in [5, 5.41) is 3.43. The molecular weight excluding hydrogens is 212 g/mol. The summed E-state index contributed by atoms with van der Waals surface area (Å²) in [6.45, 7) is 11.3. The second kappa shape index (κ2) is 6.60. The van der Waals surface area contributed by atoms with Crippen LogP contribution >= 0.6 is 0 Å². The van der Waals surface area contributed by atoms with Crippen molar-refractivity contribution in [2.45, 2.75) is 34.1 Å². The first-order valence-corrected chi connectivity index (χ1v) is 6.30. The molecule has 0 fully saturated rings. The number of aryl methyl sites for hydroxylation is 1. The van der Waals surface area contributed by atoms with Crippen molar-refractivity contribution < 1.29 is 4.74 Å². The van der Waals surface area contributed by atoms with E-state index in [-0.39, 0.29) is 5.41 Å². The molecule has 0 spiro atoms. The van der Waals surface area contributed by atoms with Crippen LogP contribution in [0.2, 0.25) is 0 Å². The van der Waals surface area contributed by atoms with Gasteiger partial charge in [-0.3, -0.25) is 4.98 Å². The van der Waals surface area contributed by atoms with Gasteiger partial charge in [0.2, 0.25) is 0 Å². The van der Waals surface area contributed by atoms with Crippen LogP contribution in [0.5, 0.6) is 5.75 Å². The van der Waals surface area contributed by atoms with Crippen molar-refractivity contribution in [3.63, 3.8) is 0 Å². The second-order valence-corrected chi connectivity index (χ2v) is 5.26. The normalized spacial score (nSPS) is 11.5. The van der Waals surface area contributed by atoms with Gasteiger partial charge in [-0.2, -0.15) is 0 Å². The molecule has 3 heteroatoms. The van der Waals surface area contributed by atoms with Gasteiger partial charge in [-0.15, -0.1) is 0 Å². The number of rotatable bonds is 7. The predicted molar refractivity (Wildman–Crippen MR) is 71.4 cm³/mol. The summed E-state index contributed by atoms with van der Waals surface area (Å²) in [5.74, 6) is 0.846. The molecule has 0 saturated carbocycles. The molecule has 0 unspecified atom stereocenters. The van der Waals surface area contributed by atoms with Gasteiger partial charge in [0.15, 0.2) is 0 Å². The Hall–Kier alpha value is -1.09. The SMILES string of the molecule is CCCNCC(C)(C)COc1ccc(C)nc1. The minimum atomic E-state index is 0.139. The molecule has 0 saturated heterocycles. The van der Waals surface area contributed by atoms with Crippen LogP contribution in [0.15, 0.2) is 18.3 Å². The number of aromatic nitrogens is 1. The number of nitrogens with zero attached hydrogens (tertiary/aromatic N) is 1. The Bertz CT molecular complexity index is 319. The maximum atomic E-state index is 5.75. The fourth-order valence-electron chi connectivity index (χ4n) is 1.47. The third-order valence-corrected chi connectivity index (χ3v) is 2.54. The number of hydrogen-bond donors (Lipinski definition) is 1. The lowest BCUT2D eigenvalue weighted by Crippen LogP contribution is -2.34. The van der Waals surface area contributed by atoms with E-state index in [4.69, 9.17) is 4.74 Å². The van der Waals surface area contributed by atoms with Crippen LogP contribution in [0.3, 0.4) is 0 Å². The number of pyridine rings is 1. The highest BCUT2D eigenvalue weighted by Gasteiger charge is 2.18. The highest BCUT2D eigenvalue weighted by atomic mass is 16.5. The summed E-state index contributed by atoms with van der Waals surface area (Å²) in [4.78, 5) is 4.21. The largest absolute Gasteiger partial charge is 0.491 e. The van der Waals surface area contributed by atoms with Gasteiger partial charge in [-0.25, -0.2) is 0 Å². The smallest absolute Gasteiger partial charge is 0.137 e. The first-order valence-electron chi connectivity index (χ1n) is 6.30. The molecule has 1 rings (SSSR count). The first kappa shape index (κ1) is 14.0. The lowest BCUT2D eigenvalue weighted by Gasteiger charge is -2.25. The maximum Gasteiger partial charge on any atom is 0.137 e. The van der Waals surface area contributed by atoms with Crippen molar-refractivity contribution >= 4 is 0 Å². The average Bonchev–Trinajstić information content (AvgIpc) is 2.29. The zero-order chi connectivity index (χ0) is 12.7. The molecule has 96 valence electrons. The number of ether oxygens (including phenoxy) is 1. The summed E-state index contributed by atoms with van der Waals surface area (Å²) in [6.07, 6.45) is 2.95. The Morgan fingerprint density at radius 1 is 1.35 bits per heavy atom. The molecule has 0 aliphatic rings. The van der Waals surface area contributed by atoms with Crippen molar-refractivity contribution in [1.82, 2.24) is 10.3 Å². The maximum absolute atomic E-state index is 5.75. The predicted octanol–water partition coefficient (Wildman–Crippen LogP) is 2.79. The van der Waals surface area contributed by atoms with E-state index in [1.54, 1.807) is 6.20 Å². The van der Waals surface area contributed by atoms with E-state index in [1.807, 2.05) is 19.1 Å². The van der Waals surface area contributed by atoms with Crippen LogP contribution in [-0.4, -0.2) is 24.7 Å².